The maximum absolute atomic E-state index is 9.10. The molecule has 5 rings (SSSR count). The molecule has 9 nitrogen and oxygen atoms in total. The minimum Gasteiger partial charge on any atom is -0.473 e. The van der Waals surface area contributed by atoms with E-state index >= 15 is 0 Å². The van der Waals surface area contributed by atoms with Crippen molar-refractivity contribution < 1.29 is 29.0 Å². The van der Waals surface area contributed by atoms with E-state index in [0.717, 1.165) is 61.3 Å². The first-order valence-corrected chi connectivity index (χ1v) is 12.5. The molecule has 1 aromatic carbocycles. The lowest BCUT2D eigenvalue weighted by atomic mass is 10.00. The number of hydrogen-bond donors (Lipinski definition) is 2. The number of rotatable bonds is 5. The van der Waals surface area contributed by atoms with Crippen molar-refractivity contribution in [2.75, 3.05) is 20.1 Å². The van der Waals surface area contributed by atoms with Crippen LogP contribution in [0.2, 0.25) is 0 Å². The molecular formula is C25H29N3O6S. The number of imidazole rings is 1. The first-order chi connectivity index (χ1) is 16.9. The monoisotopic (exact) mass is 499 g/mol. The Morgan fingerprint density at radius 3 is 2.54 bits per heavy atom. The lowest BCUT2D eigenvalue weighted by Gasteiger charge is -2.32. The van der Waals surface area contributed by atoms with Crippen molar-refractivity contribution in [2.45, 2.75) is 48.8 Å². The quantitative estimate of drug-likeness (QED) is 0.400. The zero-order valence-corrected chi connectivity index (χ0v) is 20.3. The number of aromatic nitrogens is 2. The number of piperidine rings is 1. The normalized spacial score (nSPS) is 18.0. The molecule has 35 heavy (non-hydrogen) atoms. The fraction of sp³-hybridized carbons (Fsp3) is 0.400. The molecule has 0 spiro atoms. The van der Waals surface area contributed by atoms with Crippen LogP contribution in [0, 0.1) is 0 Å². The number of carboxylic acid groups (broad SMARTS) is 2. The average molecular weight is 500 g/mol. The van der Waals surface area contributed by atoms with E-state index in [4.69, 9.17) is 33.9 Å². The summed E-state index contributed by atoms with van der Waals surface area (Å²) in [6, 6.07) is 12.6. The Bertz CT molecular complexity index is 1130. The number of nitrogens with zero attached hydrogens (tertiary/aromatic N) is 3. The first-order valence-electron chi connectivity index (χ1n) is 11.5. The molecule has 2 aliphatic rings. The Hall–Kier alpha value is -3.08. The summed E-state index contributed by atoms with van der Waals surface area (Å²) in [4.78, 5) is 25.6. The maximum atomic E-state index is 9.10. The van der Waals surface area contributed by atoms with Gasteiger partial charge in [-0.25, -0.2) is 14.6 Å². The van der Waals surface area contributed by atoms with Crippen LogP contribution in [-0.2, 0) is 33.0 Å². The van der Waals surface area contributed by atoms with Crippen molar-refractivity contribution >= 4 is 23.7 Å². The molecule has 1 unspecified atom stereocenters. The third kappa shape index (κ3) is 6.53. The molecule has 3 aromatic rings. The predicted molar refractivity (Wildman–Crippen MR) is 129 cm³/mol. The van der Waals surface area contributed by atoms with Crippen molar-refractivity contribution in [3.05, 3.63) is 71.6 Å². The zero-order valence-electron chi connectivity index (χ0n) is 19.5. The smallest absolute Gasteiger partial charge is 0.414 e. The highest BCUT2D eigenvalue weighted by molar-refractivity contribution is 7.98. The van der Waals surface area contributed by atoms with Gasteiger partial charge < -0.3 is 28.8 Å². The molecule has 0 bridgehead atoms. The van der Waals surface area contributed by atoms with Gasteiger partial charge in [0.2, 0.25) is 0 Å². The number of ether oxygens (including phenoxy) is 1. The minimum absolute atomic E-state index is 0.0972. The van der Waals surface area contributed by atoms with Crippen LogP contribution in [0.4, 0.5) is 0 Å². The summed E-state index contributed by atoms with van der Waals surface area (Å²) in [6.07, 6.45) is 7.26. The number of fused-ring (bicyclic) bond motifs is 2. The summed E-state index contributed by atoms with van der Waals surface area (Å²) in [6.45, 7) is 3.13. The molecule has 2 aliphatic heterocycles. The molecule has 1 atom stereocenters. The van der Waals surface area contributed by atoms with Gasteiger partial charge in [0.05, 0.1) is 18.1 Å². The van der Waals surface area contributed by atoms with Gasteiger partial charge >= 0.3 is 11.9 Å². The number of aryl methyl sites for hydroxylation is 2. The van der Waals surface area contributed by atoms with Crippen LogP contribution in [0.25, 0.3) is 0 Å². The van der Waals surface area contributed by atoms with E-state index in [0.29, 0.717) is 0 Å². The Balaban J connectivity index is 0.000000431. The Kier molecular flexibility index (Phi) is 8.27. The van der Waals surface area contributed by atoms with E-state index in [2.05, 4.69) is 47.0 Å². The van der Waals surface area contributed by atoms with E-state index in [9.17, 15) is 0 Å². The highest BCUT2D eigenvalue weighted by Crippen LogP contribution is 2.36. The number of benzene rings is 1. The number of carbonyl (C=O) groups is 2. The molecule has 1 saturated heterocycles. The average Bonchev–Trinajstić information content (AvgIpc) is 3.49. The topological polar surface area (TPSA) is 118 Å². The predicted octanol–water partition coefficient (Wildman–Crippen LogP) is 3.68. The number of aliphatic carboxylic acids is 2. The van der Waals surface area contributed by atoms with Crippen molar-refractivity contribution in [1.29, 1.82) is 0 Å². The van der Waals surface area contributed by atoms with Gasteiger partial charge in [-0.2, -0.15) is 0 Å². The summed E-state index contributed by atoms with van der Waals surface area (Å²) in [5.41, 5.74) is 2.65. The summed E-state index contributed by atoms with van der Waals surface area (Å²) in [7, 11) is 2.19. The van der Waals surface area contributed by atoms with Gasteiger partial charge in [0.1, 0.15) is 22.7 Å². The highest BCUT2D eigenvalue weighted by Gasteiger charge is 2.30. The van der Waals surface area contributed by atoms with Crippen LogP contribution in [0.5, 0.6) is 0 Å². The molecule has 0 aliphatic carbocycles. The maximum Gasteiger partial charge on any atom is 0.414 e. The number of likely N-dealkylation sites (tertiary alicyclic amines) is 1. The number of furan rings is 1. The van der Waals surface area contributed by atoms with Crippen molar-refractivity contribution in [1.82, 2.24) is 14.5 Å². The fourth-order valence-corrected chi connectivity index (χ4v) is 5.06. The van der Waals surface area contributed by atoms with Crippen LogP contribution in [0.15, 0.2) is 58.3 Å². The highest BCUT2D eigenvalue weighted by atomic mass is 32.2. The van der Waals surface area contributed by atoms with Crippen LogP contribution in [-0.4, -0.2) is 62.8 Å². The third-order valence-corrected chi connectivity index (χ3v) is 7.02. The fourth-order valence-electron chi connectivity index (χ4n) is 4.25. The van der Waals surface area contributed by atoms with Crippen molar-refractivity contribution in [3.63, 3.8) is 0 Å². The van der Waals surface area contributed by atoms with E-state index in [-0.39, 0.29) is 12.2 Å². The Morgan fingerprint density at radius 2 is 1.86 bits per heavy atom. The Morgan fingerprint density at radius 1 is 1.11 bits per heavy atom. The molecular weight excluding hydrogens is 470 g/mol. The van der Waals surface area contributed by atoms with Crippen molar-refractivity contribution in [2.24, 2.45) is 0 Å². The van der Waals surface area contributed by atoms with Gasteiger partial charge in [0, 0.05) is 25.8 Å². The zero-order chi connectivity index (χ0) is 24.8. The van der Waals surface area contributed by atoms with Crippen LogP contribution in [0.1, 0.15) is 41.7 Å². The molecule has 1 fully saturated rings. The summed E-state index contributed by atoms with van der Waals surface area (Å²) < 4.78 is 14.5. The largest absolute Gasteiger partial charge is 0.473 e. The molecule has 0 saturated carbocycles. The second-order valence-corrected chi connectivity index (χ2v) is 9.57. The summed E-state index contributed by atoms with van der Waals surface area (Å²) in [5, 5.41) is 15.8. The Labute approximate surface area is 207 Å². The summed E-state index contributed by atoms with van der Waals surface area (Å²) >= 11 is 1.72. The van der Waals surface area contributed by atoms with E-state index in [1.54, 1.807) is 18.0 Å². The summed E-state index contributed by atoms with van der Waals surface area (Å²) in [5.74, 6) is -0.843. The molecule has 0 radical (unpaired) electrons. The van der Waals surface area contributed by atoms with Gasteiger partial charge in [-0.15, -0.1) is 0 Å². The van der Waals surface area contributed by atoms with E-state index in [1.807, 2.05) is 12.1 Å². The third-order valence-electron chi connectivity index (χ3n) is 6.10. The minimum atomic E-state index is -1.82. The van der Waals surface area contributed by atoms with E-state index < -0.39 is 11.9 Å². The van der Waals surface area contributed by atoms with Crippen LogP contribution in [0.3, 0.4) is 0 Å². The van der Waals surface area contributed by atoms with Crippen molar-refractivity contribution in [3.8, 4) is 0 Å². The van der Waals surface area contributed by atoms with E-state index in [1.165, 1.54) is 11.1 Å². The molecule has 4 heterocycles. The lowest BCUT2D eigenvalue weighted by molar-refractivity contribution is -0.159. The van der Waals surface area contributed by atoms with Gasteiger partial charge in [-0.1, -0.05) is 36.0 Å². The molecule has 186 valence electrons. The number of hydrogen-bond acceptors (Lipinski definition) is 7. The standard InChI is InChI=1S/C23H27N3O2S.C2H2O4/c1-25-11-9-18(10-12-25)28-22-20-7-3-2-5-17(20)8-13-26-15-21(24-23(22)26)29-16-19-6-4-14-27-19;3-1(4)2(5)6/h2-7,14-15,18,22H,8-13,16H2,1H3;(H,3,4)(H,5,6). The molecule has 2 N–H and O–H groups in total. The van der Waals surface area contributed by atoms with Gasteiger partial charge in [0.25, 0.3) is 0 Å². The van der Waals surface area contributed by atoms with Crippen LogP contribution < -0.4 is 0 Å². The number of thioether (sulfide) groups is 1. The molecule has 0 amide bonds. The second kappa shape index (κ2) is 11.6. The van der Waals surface area contributed by atoms with Gasteiger partial charge in [-0.05, 0) is 49.6 Å². The SMILES string of the molecule is CN1CCC(OC2c3ccccc3CCn3cc(SCc4ccco4)nc32)CC1.O=C(O)C(=O)O. The first kappa shape index (κ1) is 25.0. The van der Waals surface area contributed by atoms with Gasteiger partial charge in [-0.3, -0.25) is 0 Å². The van der Waals surface area contributed by atoms with Gasteiger partial charge in [0.15, 0.2) is 0 Å². The molecule has 10 heteroatoms. The second-order valence-electron chi connectivity index (χ2n) is 8.58. The van der Waals surface area contributed by atoms with Crippen LogP contribution >= 0.6 is 11.8 Å². The number of carboxylic acids is 2. The molecule has 2 aromatic heterocycles. The lowest BCUT2D eigenvalue weighted by Crippen LogP contribution is -2.35.